The number of piperidine rings is 1. The van der Waals surface area contributed by atoms with Crippen molar-refractivity contribution in [3.63, 3.8) is 0 Å². The average Bonchev–Trinajstić information content (AvgIpc) is 2.41. The molecule has 7 nitrogen and oxygen atoms in total. The van der Waals surface area contributed by atoms with Crippen molar-refractivity contribution in [2.75, 3.05) is 6.54 Å². The summed E-state index contributed by atoms with van der Waals surface area (Å²) >= 11 is 0. The summed E-state index contributed by atoms with van der Waals surface area (Å²) in [5, 5.41) is 13.8. The van der Waals surface area contributed by atoms with Crippen LogP contribution in [0.4, 0.5) is 5.69 Å². The van der Waals surface area contributed by atoms with Gasteiger partial charge in [0.05, 0.1) is 9.82 Å². The molecule has 1 aliphatic rings. The Kier molecular flexibility index (Phi) is 6.09. The molecule has 118 valence electrons. The number of rotatable bonds is 4. The molecule has 21 heavy (non-hydrogen) atoms. The summed E-state index contributed by atoms with van der Waals surface area (Å²) in [7, 11) is -3.65. The van der Waals surface area contributed by atoms with E-state index in [1.165, 1.54) is 24.3 Å². The standard InChI is InChI=1S/C12H17N3O4S.ClH/c1-9-12(3-2-8-13-9)14-20(18,19)11-6-4-10(5-7-11)15(16)17;/h4-7,9,12-14H,2-3,8H2,1H3;1H. The molecular weight excluding hydrogens is 318 g/mol. The van der Waals surface area contributed by atoms with Crippen LogP contribution in [0, 0.1) is 10.1 Å². The summed E-state index contributed by atoms with van der Waals surface area (Å²) in [4.78, 5) is 10.0. The second-order valence-electron chi connectivity index (χ2n) is 4.86. The minimum absolute atomic E-state index is 0. The molecule has 1 saturated heterocycles. The minimum Gasteiger partial charge on any atom is -0.313 e. The van der Waals surface area contributed by atoms with Crippen molar-refractivity contribution in [1.29, 1.82) is 0 Å². The number of nitrogens with zero attached hydrogens (tertiary/aromatic N) is 1. The van der Waals surface area contributed by atoms with Crippen molar-refractivity contribution in [3.8, 4) is 0 Å². The van der Waals surface area contributed by atoms with Gasteiger partial charge in [-0.3, -0.25) is 10.1 Å². The van der Waals surface area contributed by atoms with E-state index >= 15 is 0 Å². The van der Waals surface area contributed by atoms with E-state index in [9.17, 15) is 18.5 Å². The Balaban J connectivity index is 0.00000220. The first kappa shape index (κ1) is 17.8. The van der Waals surface area contributed by atoms with E-state index in [1.54, 1.807) is 0 Å². The number of nitrogens with one attached hydrogen (secondary N) is 2. The zero-order valence-electron chi connectivity index (χ0n) is 11.5. The molecule has 2 rings (SSSR count). The number of nitro benzene ring substituents is 1. The SMILES string of the molecule is CC1NCCCC1NS(=O)(=O)c1ccc([N+](=O)[O-])cc1.Cl. The molecule has 0 radical (unpaired) electrons. The van der Waals surface area contributed by atoms with Gasteiger partial charge in [-0.05, 0) is 38.4 Å². The largest absolute Gasteiger partial charge is 0.313 e. The molecule has 0 amide bonds. The van der Waals surface area contributed by atoms with Crippen LogP contribution in [0.3, 0.4) is 0 Å². The fourth-order valence-corrected chi connectivity index (χ4v) is 3.57. The van der Waals surface area contributed by atoms with E-state index in [1.807, 2.05) is 6.92 Å². The van der Waals surface area contributed by atoms with Gasteiger partial charge in [-0.25, -0.2) is 13.1 Å². The smallest absolute Gasteiger partial charge is 0.269 e. The quantitative estimate of drug-likeness (QED) is 0.640. The van der Waals surface area contributed by atoms with Crippen molar-refractivity contribution in [3.05, 3.63) is 34.4 Å². The molecule has 1 aromatic rings. The Hall–Kier alpha value is -1.22. The average molecular weight is 336 g/mol. The van der Waals surface area contributed by atoms with Crippen LogP contribution in [0.5, 0.6) is 0 Å². The van der Waals surface area contributed by atoms with E-state index < -0.39 is 14.9 Å². The van der Waals surface area contributed by atoms with E-state index in [2.05, 4.69) is 10.0 Å². The first-order valence-corrected chi connectivity index (χ1v) is 7.88. The van der Waals surface area contributed by atoms with E-state index in [0.717, 1.165) is 19.4 Å². The molecular formula is C12H18ClN3O4S. The summed E-state index contributed by atoms with van der Waals surface area (Å²) in [5.74, 6) is 0. The normalized spacial score (nSPS) is 22.3. The van der Waals surface area contributed by atoms with E-state index in [0.29, 0.717) is 0 Å². The van der Waals surface area contributed by atoms with Crippen molar-refractivity contribution in [2.24, 2.45) is 0 Å². The van der Waals surface area contributed by atoms with Gasteiger partial charge in [0.1, 0.15) is 0 Å². The highest BCUT2D eigenvalue weighted by Gasteiger charge is 2.26. The molecule has 2 unspecified atom stereocenters. The van der Waals surface area contributed by atoms with Crippen molar-refractivity contribution in [1.82, 2.24) is 10.0 Å². The molecule has 2 atom stereocenters. The molecule has 9 heteroatoms. The van der Waals surface area contributed by atoms with Gasteiger partial charge in [0, 0.05) is 24.2 Å². The third kappa shape index (κ3) is 4.37. The van der Waals surface area contributed by atoms with Gasteiger partial charge in [0.15, 0.2) is 0 Å². The zero-order valence-corrected chi connectivity index (χ0v) is 13.1. The molecule has 0 aliphatic carbocycles. The molecule has 0 spiro atoms. The first-order valence-electron chi connectivity index (χ1n) is 6.40. The van der Waals surface area contributed by atoms with Crippen molar-refractivity contribution in [2.45, 2.75) is 36.7 Å². The summed E-state index contributed by atoms with van der Waals surface area (Å²) in [6, 6.07) is 4.79. The molecule has 2 N–H and O–H groups in total. The van der Waals surface area contributed by atoms with E-state index in [4.69, 9.17) is 0 Å². The number of benzene rings is 1. The van der Waals surface area contributed by atoms with Crippen molar-refractivity contribution >= 4 is 28.1 Å². The molecule has 1 fully saturated rings. The number of hydrogen-bond acceptors (Lipinski definition) is 5. The van der Waals surface area contributed by atoms with Crippen LogP contribution in [-0.2, 0) is 10.0 Å². The molecule has 0 saturated carbocycles. The Morgan fingerprint density at radius 1 is 1.33 bits per heavy atom. The Morgan fingerprint density at radius 2 is 1.95 bits per heavy atom. The lowest BCUT2D eigenvalue weighted by atomic mass is 10.0. The van der Waals surface area contributed by atoms with Gasteiger partial charge in [-0.15, -0.1) is 12.4 Å². The number of sulfonamides is 1. The fourth-order valence-electron chi connectivity index (χ4n) is 2.22. The lowest BCUT2D eigenvalue weighted by molar-refractivity contribution is -0.384. The van der Waals surface area contributed by atoms with Crippen LogP contribution in [-0.4, -0.2) is 32.0 Å². The van der Waals surface area contributed by atoms with Crippen LogP contribution in [0.2, 0.25) is 0 Å². The first-order chi connectivity index (χ1) is 9.40. The molecule has 1 aromatic carbocycles. The Morgan fingerprint density at radius 3 is 2.48 bits per heavy atom. The maximum atomic E-state index is 12.2. The second-order valence-corrected chi connectivity index (χ2v) is 6.58. The fraction of sp³-hybridized carbons (Fsp3) is 0.500. The minimum atomic E-state index is -3.65. The Labute approximate surface area is 129 Å². The van der Waals surface area contributed by atoms with Gasteiger partial charge in [-0.2, -0.15) is 0 Å². The summed E-state index contributed by atoms with van der Waals surface area (Å²) in [5.41, 5.74) is -0.128. The maximum absolute atomic E-state index is 12.2. The molecule has 1 heterocycles. The lowest BCUT2D eigenvalue weighted by Crippen LogP contribution is -2.51. The highest BCUT2D eigenvalue weighted by atomic mass is 35.5. The molecule has 1 aliphatic heterocycles. The maximum Gasteiger partial charge on any atom is 0.269 e. The summed E-state index contributed by atoms with van der Waals surface area (Å²) < 4.78 is 27.1. The highest BCUT2D eigenvalue weighted by molar-refractivity contribution is 7.89. The number of halogens is 1. The van der Waals surface area contributed by atoms with Gasteiger partial charge in [0.25, 0.3) is 5.69 Å². The Bertz CT molecular complexity index is 591. The highest BCUT2D eigenvalue weighted by Crippen LogP contribution is 2.17. The van der Waals surface area contributed by atoms with Gasteiger partial charge in [0.2, 0.25) is 10.0 Å². The van der Waals surface area contributed by atoms with E-state index in [-0.39, 0.29) is 35.1 Å². The van der Waals surface area contributed by atoms with Crippen LogP contribution in [0.15, 0.2) is 29.2 Å². The van der Waals surface area contributed by atoms with Crippen LogP contribution in [0.25, 0.3) is 0 Å². The monoisotopic (exact) mass is 335 g/mol. The second kappa shape index (κ2) is 7.17. The van der Waals surface area contributed by atoms with Crippen LogP contribution >= 0.6 is 12.4 Å². The topological polar surface area (TPSA) is 101 Å². The molecule has 0 aromatic heterocycles. The van der Waals surface area contributed by atoms with Gasteiger partial charge in [-0.1, -0.05) is 0 Å². The third-order valence-electron chi connectivity index (χ3n) is 3.43. The van der Waals surface area contributed by atoms with Crippen molar-refractivity contribution < 1.29 is 13.3 Å². The zero-order chi connectivity index (χ0) is 14.8. The summed E-state index contributed by atoms with van der Waals surface area (Å²) in [6.07, 6.45) is 1.69. The lowest BCUT2D eigenvalue weighted by Gasteiger charge is -2.30. The van der Waals surface area contributed by atoms with Crippen LogP contribution < -0.4 is 10.0 Å². The number of hydrogen-bond donors (Lipinski definition) is 2. The van der Waals surface area contributed by atoms with Gasteiger partial charge >= 0.3 is 0 Å². The number of non-ortho nitro benzene ring substituents is 1. The number of nitro groups is 1. The third-order valence-corrected chi connectivity index (χ3v) is 4.93. The predicted molar refractivity (Wildman–Crippen MR) is 81.2 cm³/mol. The summed E-state index contributed by atoms with van der Waals surface area (Å²) in [6.45, 7) is 2.82. The predicted octanol–water partition coefficient (Wildman–Crippen LogP) is 1.44. The molecule has 0 bridgehead atoms. The van der Waals surface area contributed by atoms with Crippen LogP contribution in [0.1, 0.15) is 19.8 Å². The van der Waals surface area contributed by atoms with Gasteiger partial charge < -0.3 is 5.32 Å².